The third-order valence-corrected chi connectivity index (χ3v) is 5.23. The number of aryl methyl sites for hydroxylation is 1. The highest BCUT2D eigenvalue weighted by molar-refractivity contribution is 5.85. The minimum atomic E-state index is -0.120. The Hall–Kier alpha value is -1.84. The molecule has 0 bridgehead atoms. The molecule has 2 atom stereocenters. The summed E-state index contributed by atoms with van der Waals surface area (Å²) in [5, 5.41) is 0. The largest absolute Gasteiger partial charge is 0.346 e. The lowest BCUT2D eigenvalue weighted by molar-refractivity contribution is -0.135. The van der Waals surface area contributed by atoms with Crippen molar-refractivity contribution in [2.24, 2.45) is 11.8 Å². The number of hydrogen-bond acceptors (Lipinski definition) is 2. The van der Waals surface area contributed by atoms with Gasteiger partial charge in [-0.3, -0.25) is 9.59 Å². The summed E-state index contributed by atoms with van der Waals surface area (Å²) in [6.45, 7) is 5.99. The lowest BCUT2D eigenvalue weighted by atomic mass is 9.87. The summed E-state index contributed by atoms with van der Waals surface area (Å²) in [5.74, 6) is 0.609. The molecule has 3 rings (SSSR count). The number of hydrogen-bond donors (Lipinski definition) is 0. The average Bonchev–Trinajstić information content (AvgIpc) is 3.32. The Kier molecular flexibility index (Phi) is 4.42. The molecule has 124 valence electrons. The standard InChI is InChI=1S/C19H26N2O2/c1-4-20(3)19(23)17-12-21(18(22)15-9-10-15)11-16(17)14-7-5-13(2)6-8-14/h5-8,15-17H,4,9-12H2,1-3H3. The minimum absolute atomic E-state index is 0.111. The van der Waals surface area contributed by atoms with Crippen molar-refractivity contribution in [3.8, 4) is 0 Å². The van der Waals surface area contributed by atoms with E-state index in [1.807, 2.05) is 18.9 Å². The van der Waals surface area contributed by atoms with Gasteiger partial charge in [0.25, 0.3) is 0 Å². The normalized spacial score (nSPS) is 23.9. The Labute approximate surface area is 138 Å². The number of amides is 2. The van der Waals surface area contributed by atoms with Crippen LogP contribution in [0.15, 0.2) is 24.3 Å². The molecule has 1 aliphatic heterocycles. The van der Waals surface area contributed by atoms with Crippen LogP contribution in [0, 0.1) is 18.8 Å². The fourth-order valence-corrected chi connectivity index (χ4v) is 3.41. The van der Waals surface area contributed by atoms with Gasteiger partial charge in [0, 0.05) is 38.5 Å². The fraction of sp³-hybridized carbons (Fsp3) is 0.579. The van der Waals surface area contributed by atoms with Crippen molar-refractivity contribution in [3.63, 3.8) is 0 Å². The Morgan fingerprint density at radius 1 is 1.17 bits per heavy atom. The maximum absolute atomic E-state index is 12.8. The van der Waals surface area contributed by atoms with Crippen LogP contribution in [0.3, 0.4) is 0 Å². The summed E-state index contributed by atoms with van der Waals surface area (Å²) < 4.78 is 0. The highest BCUT2D eigenvalue weighted by Gasteiger charge is 2.44. The molecule has 4 nitrogen and oxygen atoms in total. The van der Waals surface area contributed by atoms with E-state index in [-0.39, 0.29) is 29.6 Å². The molecule has 23 heavy (non-hydrogen) atoms. The Bertz CT molecular complexity index is 592. The van der Waals surface area contributed by atoms with Crippen LogP contribution < -0.4 is 0 Å². The van der Waals surface area contributed by atoms with Gasteiger partial charge in [-0.2, -0.15) is 0 Å². The van der Waals surface area contributed by atoms with Gasteiger partial charge in [0.15, 0.2) is 0 Å². The van der Waals surface area contributed by atoms with Gasteiger partial charge in [0.05, 0.1) is 5.92 Å². The van der Waals surface area contributed by atoms with E-state index in [1.165, 1.54) is 11.1 Å². The third kappa shape index (κ3) is 3.26. The van der Waals surface area contributed by atoms with E-state index in [2.05, 4.69) is 31.2 Å². The third-order valence-electron chi connectivity index (χ3n) is 5.23. The smallest absolute Gasteiger partial charge is 0.227 e. The van der Waals surface area contributed by atoms with Gasteiger partial charge in [0.2, 0.25) is 11.8 Å². The van der Waals surface area contributed by atoms with Gasteiger partial charge in [-0.15, -0.1) is 0 Å². The number of nitrogens with zero attached hydrogens (tertiary/aromatic N) is 2. The first-order valence-corrected chi connectivity index (χ1v) is 8.61. The van der Waals surface area contributed by atoms with E-state index < -0.39 is 0 Å². The molecule has 4 heteroatoms. The summed E-state index contributed by atoms with van der Waals surface area (Å²) in [5.41, 5.74) is 2.38. The number of carbonyl (C=O) groups excluding carboxylic acids is 2. The zero-order valence-electron chi connectivity index (χ0n) is 14.3. The zero-order valence-corrected chi connectivity index (χ0v) is 14.3. The van der Waals surface area contributed by atoms with Crippen molar-refractivity contribution in [3.05, 3.63) is 35.4 Å². The molecule has 0 spiro atoms. The van der Waals surface area contributed by atoms with E-state index in [9.17, 15) is 9.59 Å². The van der Waals surface area contributed by atoms with E-state index in [0.29, 0.717) is 19.6 Å². The second-order valence-corrected chi connectivity index (χ2v) is 6.99. The highest BCUT2D eigenvalue weighted by Crippen LogP contribution is 2.38. The summed E-state index contributed by atoms with van der Waals surface area (Å²) in [4.78, 5) is 28.9. The summed E-state index contributed by atoms with van der Waals surface area (Å²) in [7, 11) is 1.85. The first kappa shape index (κ1) is 16.0. The van der Waals surface area contributed by atoms with Gasteiger partial charge in [-0.05, 0) is 32.3 Å². The predicted octanol–water partition coefficient (Wildman–Crippen LogP) is 2.43. The maximum atomic E-state index is 12.8. The first-order valence-electron chi connectivity index (χ1n) is 8.61. The van der Waals surface area contributed by atoms with Gasteiger partial charge < -0.3 is 9.80 Å². The van der Waals surface area contributed by atoms with Gasteiger partial charge in [-0.25, -0.2) is 0 Å². The molecule has 0 radical (unpaired) electrons. The van der Waals surface area contributed by atoms with Crippen molar-refractivity contribution in [1.82, 2.24) is 9.80 Å². The number of rotatable bonds is 4. The van der Waals surface area contributed by atoms with Gasteiger partial charge in [-0.1, -0.05) is 29.8 Å². The van der Waals surface area contributed by atoms with Crippen LogP contribution in [0.4, 0.5) is 0 Å². The highest BCUT2D eigenvalue weighted by atomic mass is 16.2. The van der Waals surface area contributed by atoms with Crippen LogP contribution in [0.5, 0.6) is 0 Å². The van der Waals surface area contributed by atoms with Gasteiger partial charge >= 0.3 is 0 Å². The van der Waals surface area contributed by atoms with Crippen LogP contribution in [-0.2, 0) is 9.59 Å². The molecular weight excluding hydrogens is 288 g/mol. The summed E-state index contributed by atoms with van der Waals surface area (Å²) in [6.07, 6.45) is 2.02. The first-order chi connectivity index (χ1) is 11.0. The molecule has 1 aromatic rings. The Morgan fingerprint density at radius 2 is 1.83 bits per heavy atom. The van der Waals surface area contributed by atoms with E-state index in [4.69, 9.17) is 0 Å². The molecule has 1 saturated carbocycles. The van der Waals surface area contributed by atoms with E-state index in [0.717, 1.165) is 12.8 Å². The van der Waals surface area contributed by atoms with Crippen LogP contribution >= 0.6 is 0 Å². The summed E-state index contributed by atoms with van der Waals surface area (Å²) in [6, 6.07) is 8.40. The predicted molar refractivity (Wildman–Crippen MR) is 90.0 cm³/mol. The average molecular weight is 314 g/mol. The van der Waals surface area contributed by atoms with E-state index in [1.54, 1.807) is 4.90 Å². The minimum Gasteiger partial charge on any atom is -0.346 e. The maximum Gasteiger partial charge on any atom is 0.227 e. The SMILES string of the molecule is CCN(C)C(=O)C1CN(C(=O)C2CC2)CC1c1ccc(C)cc1. The molecular formula is C19H26N2O2. The Balaban J connectivity index is 1.84. The fourth-order valence-electron chi connectivity index (χ4n) is 3.41. The molecule has 2 unspecified atom stereocenters. The summed E-state index contributed by atoms with van der Waals surface area (Å²) >= 11 is 0. The van der Waals surface area contributed by atoms with Crippen LogP contribution in [-0.4, -0.2) is 48.3 Å². The van der Waals surface area contributed by atoms with Crippen molar-refractivity contribution >= 4 is 11.8 Å². The van der Waals surface area contributed by atoms with Crippen LogP contribution in [0.1, 0.15) is 36.8 Å². The molecule has 1 aromatic carbocycles. The number of likely N-dealkylation sites (tertiary alicyclic amines) is 1. The molecule has 2 aliphatic rings. The van der Waals surface area contributed by atoms with Crippen molar-refractivity contribution < 1.29 is 9.59 Å². The Morgan fingerprint density at radius 3 is 2.39 bits per heavy atom. The lowest BCUT2D eigenvalue weighted by Gasteiger charge is -2.23. The topological polar surface area (TPSA) is 40.6 Å². The molecule has 1 heterocycles. The quantitative estimate of drug-likeness (QED) is 0.856. The number of benzene rings is 1. The molecule has 2 fully saturated rings. The van der Waals surface area contributed by atoms with E-state index >= 15 is 0 Å². The molecule has 2 amide bonds. The number of carbonyl (C=O) groups is 2. The zero-order chi connectivity index (χ0) is 16.6. The second kappa shape index (κ2) is 6.34. The van der Waals surface area contributed by atoms with Crippen LogP contribution in [0.25, 0.3) is 0 Å². The van der Waals surface area contributed by atoms with Crippen LogP contribution in [0.2, 0.25) is 0 Å². The molecule has 0 N–H and O–H groups in total. The van der Waals surface area contributed by atoms with Crippen molar-refractivity contribution in [2.75, 3.05) is 26.7 Å². The second-order valence-electron chi connectivity index (χ2n) is 6.99. The molecule has 0 aromatic heterocycles. The van der Waals surface area contributed by atoms with Crippen molar-refractivity contribution in [1.29, 1.82) is 0 Å². The van der Waals surface area contributed by atoms with Gasteiger partial charge in [0.1, 0.15) is 0 Å². The van der Waals surface area contributed by atoms with Crippen molar-refractivity contribution in [2.45, 2.75) is 32.6 Å². The monoisotopic (exact) mass is 314 g/mol. The molecule has 1 aliphatic carbocycles. The molecule has 1 saturated heterocycles. The lowest BCUT2D eigenvalue weighted by Crippen LogP contribution is -2.37.